The molecule has 92 valence electrons. The van der Waals surface area contributed by atoms with Crippen LogP contribution in [-0.2, 0) is 0 Å². The van der Waals surface area contributed by atoms with E-state index < -0.39 is 0 Å². The lowest BCUT2D eigenvalue weighted by atomic mass is 10.2. The number of nitrogens with one attached hydrogen (secondary N) is 1. The first-order valence-electron chi connectivity index (χ1n) is 5.92. The number of imidazole rings is 1. The monoisotopic (exact) mass is 266 g/mol. The van der Waals surface area contributed by atoms with Crippen molar-refractivity contribution in [3.05, 3.63) is 28.5 Å². The smallest absolute Gasteiger partial charge is 0.178 e. The Labute approximate surface area is 111 Å². The summed E-state index contributed by atoms with van der Waals surface area (Å²) < 4.78 is 3.06. The summed E-state index contributed by atoms with van der Waals surface area (Å²) in [6.07, 6.45) is 0. The van der Waals surface area contributed by atoms with Crippen LogP contribution in [0.3, 0.4) is 0 Å². The third-order valence-electron chi connectivity index (χ3n) is 2.88. The van der Waals surface area contributed by atoms with Crippen LogP contribution in [0, 0.1) is 11.7 Å². The van der Waals surface area contributed by atoms with E-state index in [-0.39, 0.29) is 0 Å². The number of H-pyrrole nitrogens is 1. The van der Waals surface area contributed by atoms with Crippen molar-refractivity contribution in [3.63, 3.8) is 0 Å². The highest BCUT2D eigenvalue weighted by molar-refractivity contribution is 7.99. The number of nitrogens with zero attached hydrogens (tertiary/aromatic N) is 1. The maximum atomic E-state index is 5.42. The van der Waals surface area contributed by atoms with E-state index in [1.54, 1.807) is 0 Å². The Bertz CT molecular complexity index is 568. The predicted molar refractivity (Wildman–Crippen MR) is 79.6 cm³/mol. The van der Waals surface area contributed by atoms with Crippen LogP contribution in [0.15, 0.2) is 18.2 Å². The van der Waals surface area contributed by atoms with Crippen LogP contribution < -0.4 is 0 Å². The summed E-state index contributed by atoms with van der Waals surface area (Å²) in [4.78, 5) is 3.29. The Morgan fingerprint density at radius 3 is 2.94 bits per heavy atom. The van der Waals surface area contributed by atoms with Crippen molar-refractivity contribution < 1.29 is 0 Å². The Balaban J connectivity index is 2.46. The fourth-order valence-electron chi connectivity index (χ4n) is 2.05. The van der Waals surface area contributed by atoms with Crippen molar-refractivity contribution in [2.24, 2.45) is 0 Å². The van der Waals surface area contributed by atoms with Crippen molar-refractivity contribution in [2.75, 3.05) is 11.5 Å². The third-order valence-corrected chi connectivity index (χ3v) is 4.30. The molecule has 0 aliphatic rings. The van der Waals surface area contributed by atoms with E-state index in [4.69, 9.17) is 12.2 Å². The van der Waals surface area contributed by atoms with Crippen molar-refractivity contribution >= 4 is 35.0 Å². The average Bonchev–Trinajstić information content (AvgIpc) is 2.61. The summed E-state index contributed by atoms with van der Waals surface area (Å²) in [7, 11) is 0. The number of aromatic amines is 1. The number of benzene rings is 1. The fraction of sp³-hybridized carbons (Fsp3) is 0.462. The molecule has 1 heterocycles. The number of hydrogen-bond acceptors (Lipinski definition) is 2. The van der Waals surface area contributed by atoms with Crippen LogP contribution in [0.2, 0.25) is 0 Å². The van der Waals surface area contributed by atoms with E-state index in [0.717, 1.165) is 21.8 Å². The van der Waals surface area contributed by atoms with Gasteiger partial charge >= 0.3 is 0 Å². The zero-order valence-electron chi connectivity index (χ0n) is 10.5. The molecular formula is C13H18N2S2. The summed E-state index contributed by atoms with van der Waals surface area (Å²) >= 11 is 7.37. The quantitative estimate of drug-likeness (QED) is 0.832. The molecule has 1 atom stereocenters. The highest BCUT2D eigenvalue weighted by atomic mass is 32.2. The molecular weight excluding hydrogens is 248 g/mol. The molecule has 0 saturated carbocycles. The molecule has 0 bridgehead atoms. The molecule has 0 saturated heterocycles. The minimum Gasteiger partial charge on any atom is -0.331 e. The molecule has 0 aliphatic heterocycles. The molecule has 0 radical (unpaired) electrons. The normalized spacial score (nSPS) is 13.1. The average molecular weight is 266 g/mol. The van der Waals surface area contributed by atoms with Gasteiger partial charge in [-0.3, -0.25) is 0 Å². The SMILES string of the molecule is CCSCC(C)n1c(=S)[nH]c2cc(C)ccc21. The molecule has 2 aromatic rings. The molecule has 0 spiro atoms. The zero-order chi connectivity index (χ0) is 12.4. The Hall–Kier alpha value is -0.740. The van der Waals surface area contributed by atoms with E-state index in [0.29, 0.717) is 6.04 Å². The molecule has 17 heavy (non-hydrogen) atoms. The van der Waals surface area contributed by atoms with Gasteiger partial charge in [0.15, 0.2) is 4.77 Å². The van der Waals surface area contributed by atoms with Gasteiger partial charge in [0, 0.05) is 11.8 Å². The van der Waals surface area contributed by atoms with E-state index in [2.05, 4.69) is 48.5 Å². The van der Waals surface area contributed by atoms with Crippen molar-refractivity contribution in [2.45, 2.75) is 26.8 Å². The van der Waals surface area contributed by atoms with Gasteiger partial charge in [-0.1, -0.05) is 13.0 Å². The highest BCUT2D eigenvalue weighted by Gasteiger charge is 2.10. The number of aryl methyl sites for hydroxylation is 1. The van der Waals surface area contributed by atoms with Crippen molar-refractivity contribution in [1.29, 1.82) is 0 Å². The van der Waals surface area contributed by atoms with Crippen LogP contribution in [-0.4, -0.2) is 21.1 Å². The molecule has 1 unspecified atom stereocenters. The van der Waals surface area contributed by atoms with Gasteiger partial charge in [0.05, 0.1) is 11.0 Å². The second kappa shape index (κ2) is 5.27. The molecule has 2 rings (SSSR count). The lowest BCUT2D eigenvalue weighted by molar-refractivity contribution is 0.619. The standard InChI is InChI=1S/C13H18N2S2/c1-4-17-8-10(3)15-12-6-5-9(2)7-11(12)14-13(15)16/h5-7,10H,4,8H2,1-3H3,(H,14,16). The summed E-state index contributed by atoms with van der Waals surface area (Å²) in [6.45, 7) is 6.52. The zero-order valence-corrected chi connectivity index (χ0v) is 12.1. The third kappa shape index (κ3) is 2.58. The molecule has 1 aromatic heterocycles. The van der Waals surface area contributed by atoms with E-state index >= 15 is 0 Å². The molecule has 1 aromatic carbocycles. The van der Waals surface area contributed by atoms with Gasteiger partial charge in [-0.2, -0.15) is 11.8 Å². The van der Waals surface area contributed by atoms with Crippen LogP contribution >= 0.6 is 24.0 Å². The maximum absolute atomic E-state index is 5.42. The maximum Gasteiger partial charge on any atom is 0.178 e. The first kappa shape index (κ1) is 12.7. The second-order valence-electron chi connectivity index (χ2n) is 4.33. The highest BCUT2D eigenvalue weighted by Crippen LogP contribution is 2.22. The first-order valence-corrected chi connectivity index (χ1v) is 7.48. The summed E-state index contributed by atoms with van der Waals surface area (Å²) in [6, 6.07) is 6.89. The van der Waals surface area contributed by atoms with Gasteiger partial charge < -0.3 is 9.55 Å². The molecule has 4 heteroatoms. The fourth-order valence-corrected chi connectivity index (χ4v) is 3.16. The van der Waals surface area contributed by atoms with Crippen LogP contribution in [0.1, 0.15) is 25.5 Å². The predicted octanol–water partition coefficient (Wildman–Crippen LogP) is 4.32. The van der Waals surface area contributed by atoms with Gasteiger partial charge in [0.2, 0.25) is 0 Å². The Morgan fingerprint density at radius 1 is 1.47 bits per heavy atom. The van der Waals surface area contributed by atoms with Crippen LogP contribution in [0.4, 0.5) is 0 Å². The molecule has 0 fully saturated rings. The van der Waals surface area contributed by atoms with Gasteiger partial charge in [-0.25, -0.2) is 0 Å². The minimum atomic E-state index is 0.434. The lowest BCUT2D eigenvalue weighted by Gasteiger charge is -2.13. The van der Waals surface area contributed by atoms with E-state index in [1.165, 1.54) is 11.1 Å². The topological polar surface area (TPSA) is 20.7 Å². The number of thioether (sulfide) groups is 1. The number of fused-ring (bicyclic) bond motifs is 1. The Morgan fingerprint density at radius 2 is 2.24 bits per heavy atom. The Kier molecular flexibility index (Phi) is 3.94. The summed E-state index contributed by atoms with van der Waals surface area (Å²) in [5, 5.41) is 0. The van der Waals surface area contributed by atoms with Gasteiger partial charge in [-0.15, -0.1) is 0 Å². The number of aromatic nitrogens is 2. The molecule has 0 aliphatic carbocycles. The van der Waals surface area contributed by atoms with Crippen molar-refractivity contribution in [3.8, 4) is 0 Å². The largest absolute Gasteiger partial charge is 0.331 e. The molecule has 0 amide bonds. The second-order valence-corrected chi connectivity index (χ2v) is 6.03. The number of hydrogen-bond donors (Lipinski definition) is 1. The lowest BCUT2D eigenvalue weighted by Crippen LogP contribution is -2.07. The molecule has 1 N–H and O–H groups in total. The molecule has 2 nitrogen and oxygen atoms in total. The van der Waals surface area contributed by atoms with Crippen molar-refractivity contribution in [1.82, 2.24) is 9.55 Å². The van der Waals surface area contributed by atoms with Crippen LogP contribution in [0.5, 0.6) is 0 Å². The van der Waals surface area contributed by atoms with E-state index in [1.807, 2.05) is 11.8 Å². The van der Waals surface area contributed by atoms with Gasteiger partial charge in [0.1, 0.15) is 0 Å². The van der Waals surface area contributed by atoms with Gasteiger partial charge in [-0.05, 0) is 49.5 Å². The van der Waals surface area contributed by atoms with Crippen LogP contribution in [0.25, 0.3) is 11.0 Å². The first-order chi connectivity index (χ1) is 8.13. The minimum absolute atomic E-state index is 0.434. The van der Waals surface area contributed by atoms with E-state index in [9.17, 15) is 0 Å². The number of rotatable bonds is 4. The van der Waals surface area contributed by atoms with Gasteiger partial charge in [0.25, 0.3) is 0 Å². The summed E-state index contributed by atoms with van der Waals surface area (Å²) in [5.41, 5.74) is 3.62. The summed E-state index contributed by atoms with van der Waals surface area (Å²) in [5.74, 6) is 2.25.